The van der Waals surface area contributed by atoms with E-state index in [-0.39, 0.29) is 11.5 Å². The Morgan fingerprint density at radius 1 is 1.12 bits per heavy atom. The third-order valence-electron chi connectivity index (χ3n) is 3.06. The van der Waals surface area contributed by atoms with Crippen LogP contribution in [-0.2, 0) is 25.4 Å². The van der Waals surface area contributed by atoms with Crippen LogP contribution in [-0.4, -0.2) is 19.3 Å². The second kappa shape index (κ2) is 5.03. The Morgan fingerprint density at radius 2 is 1.69 bits per heavy atom. The maximum absolute atomic E-state index is 5.89. The first kappa shape index (κ1) is 13.0. The average Bonchev–Trinajstić information content (AvgIpc) is 2.25. The van der Waals surface area contributed by atoms with Crippen molar-refractivity contribution in [1.82, 2.24) is 0 Å². The Labute approximate surface area is 103 Å². The minimum Gasteiger partial charge on any atom is -0.308 e. The summed E-state index contributed by atoms with van der Waals surface area (Å²) < 4.78 is 17.2. The monoisotopic (exact) mass is 264 g/mol. The van der Waals surface area contributed by atoms with Crippen molar-refractivity contribution < 1.29 is 13.6 Å². The van der Waals surface area contributed by atoms with Crippen LogP contribution in [0.1, 0.15) is 46.0 Å². The van der Waals surface area contributed by atoms with E-state index in [9.17, 15) is 0 Å². The molecule has 1 aliphatic heterocycles. The molecule has 2 aliphatic rings. The van der Waals surface area contributed by atoms with Gasteiger partial charge in [-0.1, -0.05) is 33.1 Å². The van der Waals surface area contributed by atoms with Gasteiger partial charge >= 0.3 is 6.72 Å². The average molecular weight is 264 g/mol. The highest BCUT2D eigenvalue weighted by Gasteiger charge is 2.36. The fraction of sp³-hybridized carbons (Fsp3) is 1.00. The summed E-state index contributed by atoms with van der Waals surface area (Å²) in [5.41, 5.74) is 0.0677. The Hall–Kier alpha value is 0.530. The molecule has 0 unspecified atom stereocenters. The molecule has 5 heteroatoms. The largest absolute Gasteiger partial charge is 0.327 e. The van der Waals surface area contributed by atoms with Crippen LogP contribution >= 0.6 is 6.72 Å². The van der Waals surface area contributed by atoms with Crippen LogP contribution in [0.25, 0.3) is 0 Å². The second-order valence-corrected chi connectivity index (χ2v) is 8.49. The first-order valence-electron chi connectivity index (χ1n) is 6.07. The van der Waals surface area contributed by atoms with E-state index in [0.29, 0.717) is 13.2 Å². The predicted octanol–water partition coefficient (Wildman–Crippen LogP) is 3.63. The van der Waals surface area contributed by atoms with Gasteiger partial charge in [0.25, 0.3) is 0 Å². The maximum Gasteiger partial charge on any atom is 0.327 e. The van der Waals surface area contributed by atoms with Gasteiger partial charge in [-0.2, -0.15) is 0 Å². The van der Waals surface area contributed by atoms with Gasteiger partial charge in [0.15, 0.2) is 0 Å². The van der Waals surface area contributed by atoms with E-state index in [1.165, 1.54) is 19.3 Å². The summed E-state index contributed by atoms with van der Waals surface area (Å²) in [5.74, 6) is 0. The van der Waals surface area contributed by atoms with Gasteiger partial charge in [0.2, 0.25) is 0 Å². The Balaban J connectivity index is 1.86. The minimum absolute atomic E-state index is 0.0677. The van der Waals surface area contributed by atoms with Crippen LogP contribution in [0.4, 0.5) is 0 Å². The molecule has 1 saturated heterocycles. The topological polar surface area (TPSA) is 27.7 Å². The molecule has 0 amide bonds. The molecule has 0 aromatic carbocycles. The molecule has 2 fully saturated rings. The van der Waals surface area contributed by atoms with Gasteiger partial charge in [-0.05, 0) is 24.6 Å². The summed E-state index contributed by atoms with van der Waals surface area (Å²) in [7, 11) is 0. The van der Waals surface area contributed by atoms with E-state index in [2.05, 4.69) is 13.8 Å². The fourth-order valence-corrected chi connectivity index (χ4v) is 4.47. The molecule has 0 aromatic rings. The molecule has 1 heterocycles. The first-order valence-corrected chi connectivity index (χ1v) is 8.62. The lowest BCUT2D eigenvalue weighted by atomic mass is 9.97. The SMILES string of the molecule is CC1(C)COP(=S)(OC2CCCCC2)OC1. The van der Waals surface area contributed by atoms with Gasteiger partial charge in [-0.15, -0.1) is 0 Å². The highest BCUT2D eigenvalue weighted by molar-refractivity contribution is 8.07. The number of hydrogen-bond acceptors (Lipinski definition) is 4. The van der Waals surface area contributed by atoms with Crippen molar-refractivity contribution in [3.63, 3.8) is 0 Å². The normalized spacial score (nSPS) is 30.1. The van der Waals surface area contributed by atoms with Crippen LogP contribution in [0.2, 0.25) is 0 Å². The zero-order valence-corrected chi connectivity index (χ0v) is 11.8. The van der Waals surface area contributed by atoms with E-state index in [1.807, 2.05) is 0 Å². The van der Waals surface area contributed by atoms with Crippen molar-refractivity contribution in [3.8, 4) is 0 Å². The number of hydrogen-bond donors (Lipinski definition) is 0. The molecule has 1 aliphatic carbocycles. The second-order valence-electron chi connectivity index (χ2n) is 5.52. The predicted molar refractivity (Wildman–Crippen MR) is 67.9 cm³/mol. The summed E-state index contributed by atoms with van der Waals surface area (Å²) in [6, 6.07) is 0. The summed E-state index contributed by atoms with van der Waals surface area (Å²) in [6.45, 7) is 3.11. The molecule has 3 nitrogen and oxygen atoms in total. The molecule has 0 N–H and O–H groups in total. The van der Waals surface area contributed by atoms with Crippen LogP contribution in [0.5, 0.6) is 0 Å². The molecule has 16 heavy (non-hydrogen) atoms. The molecular formula is C11H21O3PS. The summed E-state index contributed by atoms with van der Waals surface area (Å²) >= 11 is 5.38. The third kappa shape index (κ3) is 3.51. The van der Waals surface area contributed by atoms with Crippen LogP contribution in [0, 0.1) is 5.41 Å². The minimum atomic E-state index is -2.43. The smallest absolute Gasteiger partial charge is 0.308 e. The third-order valence-corrected chi connectivity index (χ3v) is 5.39. The van der Waals surface area contributed by atoms with Gasteiger partial charge in [0.1, 0.15) is 0 Å². The fourth-order valence-electron chi connectivity index (χ4n) is 2.00. The molecule has 0 radical (unpaired) electrons. The lowest BCUT2D eigenvalue weighted by Gasteiger charge is -2.37. The van der Waals surface area contributed by atoms with E-state index >= 15 is 0 Å². The summed E-state index contributed by atoms with van der Waals surface area (Å²) in [6.07, 6.45) is 6.28. The zero-order chi connectivity index (χ0) is 11.6. The van der Waals surface area contributed by atoms with Crippen molar-refractivity contribution in [2.45, 2.75) is 52.1 Å². The first-order chi connectivity index (χ1) is 7.49. The van der Waals surface area contributed by atoms with Crippen molar-refractivity contribution >= 4 is 18.5 Å². The van der Waals surface area contributed by atoms with E-state index in [4.69, 9.17) is 25.4 Å². The summed E-state index contributed by atoms with van der Waals surface area (Å²) in [5, 5.41) is 0. The molecular weight excluding hydrogens is 243 g/mol. The molecule has 0 spiro atoms. The van der Waals surface area contributed by atoms with Crippen molar-refractivity contribution in [2.75, 3.05) is 13.2 Å². The van der Waals surface area contributed by atoms with E-state index in [0.717, 1.165) is 12.8 Å². The van der Waals surface area contributed by atoms with Gasteiger partial charge in [-0.3, -0.25) is 0 Å². The Kier molecular flexibility index (Phi) is 4.08. The van der Waals surface area contributed by atoms with Gasteiger partial charge in [0, 0.05) is 5.41 Å². The summed E-state index contributed by atoms with van der Waals surface area (Å²) in [4.78, 5) is 0. The van der Waals surface area contributed by atoms with Crippen LogP contribution in [0.3, 0.4) is 0 Å². The van der Waals surface area contributed by atoms with Crippen LogP contribution < -0.4 is 0 Å². The Bertz CT molecular complexity index is 273. The maximum atomic E-state index is 5.89. The van der Waals surface area contributed by atoms with Crippen molar-refractivity contribution in [2.24, 2.45) is 5.41 Å². The quantitative estimate of drug-likeness (QED) is 0.712. The molecule has 94 valence electrons. The van der Waals surface area contributed by atoms with Gasteiger partial charge in [-0.25, -0.2) is 0 Å². The Morgan fingerprint density at radius 3 is 2.25 bits per heavy atom. The molecule has 0 aromatic heterocycles. The van der Waals surface area contributed by atoms with E-state index in [1.54, 1.807) is 0 Å². The van der Waals surface area contributed by atoms with Crippen molar-refractivity contribution in [1.29, 1.82) is 0 Å². The van der Waals surface area contributed by atoms with Gasteiger partial charge < -0.3 is 13.6 Å². The highest BCUT2D eigenvalue weighted by atomic mass is 32.5. The zero-order valence-electron chi connectivity index (χ0n) is 10.1. The molecule has 1 saturated carbocycles. The number of rotatable bonds is 2. The molecule has 0 bridgehead atoms. The lowest BCUT2D eigenvalue weighted by Crippen LogP contribution is -2.31. The highest BCUT2D eigenvalue weighted by Crippen LogP contribution is 2.56. The lowest BCUT2D eigenvalue weighted by molar-refractivity contribution is 0.00752. The van der Waals surface area contributed by atoms with Crippen molar-refractivity contribution in [3.05, 3.63) is 0 Å². The molecule has 0 atom stereocenters. The van der Waals surface area contributed by atoms with Crippen LogP contribution in [0.15, 0.2) is 0 Å². The van der Waals surface area contributed by atoms with Gasteiger partial charge in [0.05, 0.1) is 19.3 Å². The standard InChI is InChI=1S/C11H21O3PS/c1-11(2)8-12-15(16,13-9-11)14-10-6-4-3-5-7-10/h10H,3-9H2,1-2H3. The van der Waals surface area contributed by atoms with E-state index < -0.39 is 6.72 Å². The molecule has 2 rings (SSSR count).